The Morgan fingerprint density at radius 3 is 2.42 bits per heavy atom. The van der Waals surface area contributed by atoms with Crippen molar-refractivity contribution in [3.05, 3.63) is 58.1 Å². The number of aromatic hydroxyl groups is 1. The summed E-state index contributed by atoms with van der Waals surface area (Å²) in [4.78, 5) is 0. The number of hydrogen-bond donors (Lipinski definition) is 4. The van der Waals surface area contributed by atoms with Crippen LogP contribution in [0.25, 0.3) is 11.4 Å². The lowest BCUT2D eigenvalue weighted by atomic mass is 9.99. The molecule has 0 saturated carbocycles. The zero-order valence-corrected chi connectivity index (χ0v) is 14.6. The highest BCUT2D eigenvalue weighted by Gasteiger charge is 2.15. The molecule has 2 aromatic carbocycles. The molecular weight excluding hydrogens is 302 g/mol. The van der Waals surface area contributed by atoms with Crippen molar-refractivity contribution in [3.63, 3.8) is 0 Å². The molecular formula is C19H25N3O2. The summed E-state index contributed by atoms with van der Waals surface area (Å²) in [7, 11) is 1.58. The third kappa shape index (κ3) is 3.31. The predicted octanol–water partition coefficient (Wildman–Crippen LogP) is 2.83. The fraction of sp³-hybridized carbons (Fsp3) is 0.263. The summed E-state index contributed by atoms with van der Waals surface area (Å²) < 4.78 is 5.29. The number of phenolic OH excluding ortho intramolecular Hbond substituents is 1. The van der Waals surface area contributed by atoms with Gasteiger partial charge in [-0.15, -0.1) is 0 Å². The number of rotatable bonds is 5. The lowest BCUT2D eigenvalue weighted by Gasteiger charge is -2.16. The number of aryl methyl sites for hydroxylation is 3. The Kier molecular flexibility index (Phi) is 5.36. The van der Waals surface area contributed by atoms with E-state index in [1.807, 2.05) is 45.0 Å². The molecule has 0 spiro atoms. The maximum atomic E-state index is 10.3. The molecule has 0 saturated heterocycles. The molecule has 0 bridgehead atoms. The first kappa shape index (κ1) is 17.7. The number of hydrogen-bond acceptors (Lipinski definition) is 5. The van der Waals surface area contributed by atoms with Gasteiger partial charge in [-0.2, -0.15) is 0 Å². The molecule has 24 heavy (non-hydrogen) atoms. The van der Waals surface area contributed by atoms with Crippen LogP contribution in [0.3, 0.4) is 0 Å². The predicted molar refractivity (Wildman–Crippen MR) is 98.3 cm³/mol. The summed E-state index contributed by atoms with van der Waals surface area (Å²) in [5.74, 6) is 6.41. The van der Waals surface area contributed by atoms with E-state index >= 15 is 0 Å². The first-order valence-electron chi connectivity index (χ1n) is 7.87. The number of benzene rings is 2. The molecule has 0 aromatic heterocycles. The van der Waals surface area contributed by atoms with Gasteiger partial charge in [-0.1, -0.05) is 19.1 Å². The molecule has 0 aliphatic rings. The third-order valence-corrected chi connectivity index (χ3v) is 4.28. The van der Waals surface area contributed by atoms with Gasteiger partial charge >= 0.3 is 0 Å². The van der Waals surface area contributed by atoms with Crippen molar-refractivity contribution in [2.45, 2.75) is 27.2 Å². The SMILES string of the molecule is CCc1cc(/C(N)=C(/NN)c2ccc(C)c(C)c2)c(O)cc1OC. The largest absolute Gasteiger partial charge is 0.507 e. The molecule has 0 heterocycles. The van der Waals surface area contributed by atoms with Crippen LogP contribution in [0, 0.1) is 13.8 Å². The Morgan fingerprint density at radius 1 is 1.17 bits per heavy atom. The van der Waals surface area contributed by atoms with Gasteiger partial charge in [0.2, 0.25) is 0 Å². The van der Waals surface area contributed by atoms with Crippen LogP contribution < -0.4 is 21.7 Å². The summed E-state index contributed by atoms with van der Waals surface area (Å²) in [5.41, 5.74) is 14.6. The normalized spacial score (nSPS) is 11.9. The van der Waals surface area contributed by atoms with Crippen molar-refractivity contribution in [1.29, 1.82) is 0 Å². The van der Waals surface area contributed by atoms with Crippen molar-refractivity contribution < 1.29 is 9.84 Å². The average molecular weight is 327 g/mol. The van der Waals surface area contributed by atoms with Gasteiger partial charge in [0.15, 0.2) is 0 Å². The Hall–Kier alpha value is -2.66. The first-order valence-corrected chi connectivity index (χ1v) is 7.87. The molecule has 0 aliphatic heterocycles. The summed E-state index contributed by atoms with van der Waals surface area (Å²) in [6, 6.07) is 9.39. The van der Waals surface area contributed by atoms with Gasteiger partial charge < -0.3 is 21.0 Å². The van der Waals surface area contributed by atoms with E-state index in [-0.39, 0.29) is 5.75 Å². The highest BCUT2D eigenvalue weighted by Crippen LogP contribution is 2.33. The van der Waals surface area contributed by atoms with Crippen LogP contribution in [0.1, 0.15) is 34.7 Å². The monoisotopic (exact) mass is 327 g/mol. The van der Waals surface area contributed by atoms with Gasteiger partial charge in [0.1, 0.15) is 11.5 Å². The van der Waals surface area contributed by atoms with Crippen molar-refractivity contribution in [1.82, 2.24) is 5.43 Å². The number of hydrazine groups is 1. The van der Waals surface area contributed by atoms with Crippen LogP contribution in [0.5, 0.6) is 11.5 Å². The summed E-state index contributed by atoms with van der Waals surface area (Å²) in [6.07, 6.45) is 0.763. The Balaban J connectivity index is 2.63. The fourth-order valence-corrected chi connectivity index (χ4v) is 2.64. The molecule has 128 valence electrons. The van der Waals surface area contributed by atoms with Crippen LogP contribution in [0.2, 0.25) is 0 Å². The van der Waals surface area contributed by atoms with Crippen LogP contribution in [0.4, 0.5) is 0 Å². The van der Waals surface area contributed by atoms with E-state index in [4.69, 9.17) is 16.3 Å². The van der Waals surface area contributed by atoms with Crippen LogP contribution in [-0.4, -0.2) is 12.2 Å². The second kappa shape index (κ2) is 7.27. The molecule has 0 unspecified atom stereocenters. The maximum absolute atomic E-state index is 10.3. The van der Waals surface area contributed by atoms with Crippen molar-refractivity contribution in [3.8, 4) is 11.5 Å². The number of ether oxygens (including phenoxy) is 1. The van der Waals surface area contributed by atoms with E-state index in [1.165, 1.54) is 5.56 Å². The minimum absolute atomic E-state index is 0.0538. The van der Waals surface area contributed by atoms with Gasteiger partial charge in [-0.25, -0.2) is 0 Å². The van der Waals surface area contributed by atoms with E-state index in [0.29, 0.717) is 22.7 Å². The van der Waals surface area contributed by atoms with Crippen molar-refractivity contribution in [2.75, 3.05) is 7.11 Å². The molecule has 0 amide bonds. The minimum Gasteiger partial charge on any atom is -0.507 e. The van der Waals surface area contributed by atoms with Gasteiger partial charge in [0.05, 0.1) is 18.5 Å². The van der Waals surface area contributed by atoms with E-state index < -0.39 is 0 Å². The summed E-state index contributed by atoms with van der Waals surface area (Å²) in [6.45, 7) is 6.10. The quantitative estimate of drug-likeness (QED) is 0.385. The van der Waals surface area contributed by atoms with Gasteiger partial charge in [0, 0.05) is 17.2 Å². The molecule has 0 atom stereocenters. The Labute approximate surface area is 142 Å². The zero-order valence-electron chi connectivity index (χ0n) is 14.6. The van der Waals surface area contributed by atoms with E-state index in [9.17, 15) is 5.11 Å². The Morgan fingerprint density at radius 2 is 1.88 bits per heavy atom. The number of nitrogens with one attached hydrogen (secondary N) is 1. The second-order valence-corrected chi connectivity index (χ2v) is 5.77. The molecule has 0 radical (unpaired) electrons. The molecule has 2 rings (SSSR count). The van der Waals surface area contributed by atoms with Gasteiger partial charge in [-0.05, 0) is 49.1 Å². The van der Waals surface area contributed by atoms with Gasteiger partial charge in [0.25, 0.3) is 0 Å². The topological polar surface area (TPSA) is 93.5 Å². The van der Waals surface area contributed by atoms with E-state index in [1.54, 1.807) is 13.2 Å². The summed E-state index contributed by atoms with van der Waals surface area (Å²) >= 11 is 0. The number of nitrogens with two attached hydrogens (primary N) is 2. The number of phenols is 1. The minimum atomic E-state index is 0.0538. The molecule has 5 nitrogen and oxygen atoms in total. The van der Waals surface area contributed by atoms with E-state index in [2.05, 4.69) is 5.43 Å². The molecule has 0 aliphatic carbocycles. The van der Waals surface area contributed by atoms with Gasteiger partial charge in [-0.3, -0.25) is 5.84 Å². The van der Waals surface area contributed by atoms with Crippen molar-refractivity contribution in [2.24, 2.45) is 11.6 Å². The lowest BCUT2D eigenvalue weighted by Crippen LogP contribution is -2.23. The van der Waals surface area contributed by atoms with Crippen molar-refractivity contribution >= 4 is 11.4 Å². The molecule has 0 fully saturated rings. The maximum Gasteiger partial charge on any atom is 0.128 e. The third-order valence-electron chi connectivity index (χ3n) is 4.28. The van der Waals surface area contributed by atoms with Crippen LogP contribution in [0.15, 0.2) is 30.3 Å². The summed E-state index contributed by atoms with van der Waals surface area (Å²) in [5, 5.41) is 10.3. The van der Waals surface area contributed by atoms with Crippen LogP contribution >= 0.6 is 0 Å². The van der Waals surface area contributed by atoms with Crippen LogP contribution in [-0.2, 0) is 6.42 Å². The lowest BCUT2D eigenvalue weighted by molar-refractivity contribution is 0.403. The fourth-order valence-electron chi connectivity index (χ4n) is 2.64. The second-order valence-electron chi connectivity index (χ2n) is 5.77. The zero-order chi connectivity index (χ0) is 17.9. The molecule has 2 aromatic rings. The molecule has 6 N–H and O–H groups in total. The highest BCUT2D eigenvalue weighted by atomic mass is 16.5. The highest BCUT2D eigenvalue weighted by molar-refractivity contribution is 5.90. The Bertz CT molecular complexity index is 782. The smallest absolute Gasteiger partial charge is 0.128 e. The molecule has 5 heteroatoms. The van der Waals surface area contributed by atoms with E-state index in [0.717, 1.165) is 23.1 Å². The number of methoxy groups -OCH3 is 1. The first-order chi connectivity index (χ1) is 11.4. The standard InChI is InChI=1S/C19H25N3O2/c1-5-13-9-15(16(23)10-17(13)24-4)18(20)19(22-21)14-7-6-11(2)12(3)8-14/h6-10,22-23H,5,20-21H2,1-4H3/b19-18-. The average Bonchev–Trinajstić information content (AvgIpc) is 2.58.